The van der Waals surface area contributed by atoms with Gasteiger partial charge in [-0.25, -0.2) is 9.48 Å². The highest BCUT2D eigenvalue weighted by Crippen LogP contribution is 2.16. The number of carboxylic acid groups (broad SMARTS) is 1. The quantitative estimate of drug-likeness (QED) is 0.708. The number of carboxylic acids is 1. The molecule has 0 unspecified atom stereocenters. The van der Waals surface area contributed by atoms with Crippen molar-refractivity contribution in [2.45, 2.75) is 6.04 Å². The lowest BCUT2D eigenvalue weighted by molar-refractivity contribution is 0.0680. The Bertz CT molecular complexity index is 557. The fourth-order valence-corrected chi connectivity index (χ4v) is 1.43. The average Bonchev–Trinajstić information content (AvgIpc) is 2.80. The van der Waals surface area contributed by atoms with Crippen LogP contribution in [0.25, 0.3) is 11.6 Å². The summed E-state index contributed by atoms with van der Waals surface area (Å²) in [6, 6.07) is 0.276. The zero-order valence-corrected chi connectivity index (χ0v) is 8.57. The van der Waals surface area contributed by atoms with Crippen LogP contribution < -0.4 is 5.32 Å². The smallest absolute Gasteiger partial charge is 0.377 e. The van der Waals surface area contributed by atoms with E-state index in [1.807, 2.05) is 0 Å². The van der Waals surface area contributed by atoms with Gasteiger partial charge in [0.1, 0.15) is 0 Å². The van der Waals surface area contributed by atoms with Gasteiger partial charge in [0.2, 0.25) is 0 Å². The average molecular weight is 236 g/mol. The van der Waals surface area contributed by atoms with Crippen LogP contribution in [-0.4, -0.2) is 49.3 Å². The molecule has 0 amide bonds. The van der Waals surface area contributed by atoms with Crippen molar-refractivity contribution in [1.29, 1.82) is 0 Å². The second-order valence-electron chi connectivity index (χ2n) is 3.62. The van der Waals surface area contributed by atoms with E-state index in [1.165, 1.54) is 0 Å². The molecule has 2 aromatic rings. The van der Waals surface area contributed by atoms with Crippen molar-refractivity contribution in [2.75, 3.05) is 13.1 Å². The molecule has 1 fully saturated rings. The maximum absolute atomic E-state index is 10.6. The molecular weight excluding hydrogens is 228 g/mol. The first-order valence-corrected chi connectivity index (χ1v) is 4.94. The number of carbonyl (C=O) groups is 1. The number of nitrogens with zero attached hydrogens (tertiary/aromatic N) is 5. The third-order valence-electron chi connectivity index (χ3n) is 2.48. The largest absolute Gasteiger partial charge is 0.475 e. The van der Waals surface area contributed by atoms with Gasteiger partial charge in [-0.15, -0.1) is 5.10 Å². The van der Waals surface area contributed by atoms with Gasteiger partial charge in [-0.3, -0.25) is 0 Å². The molecular formula is C8H8N6O3. The minimum atomic E-state index is -1.24. The number of nitrogens with one attached hydrogen (secondary N) is 1. The summed E-state index contributed by atoms with van der Waals surface area (Å²) in [5, 5.41) is 22.8. The number of aromatic nitrogens is 5. The Morgan fingerprint density at radius 3 is 3.00 bits per heavy atom. The van der Waals surface area contributed by atoms with Gasteiger partial charge in [0.05, 0.1) is 12.2 Å². The van der Waals surface area contributed by atoms with E-state index in [2.05, 4.69) is 25.8 Å². The molecule has 0 saturated carbocycles. The molecule has 9 nitrogen and oxygen atoms in total. The number of rotatable bonds is 3. The third kappa shape index (κ3) is 1.65. The van der Waals surface area contributed by atoms with Gasteiger partial charge in [-0.2, -0.15) is 4.98 Å². The molecule has 3 rings (SSSR count). The highest BCUT2D eigenvalue weighted by atomic mass is 16.5. The molecule has 17 heavy (non-hydrogen) atoms. The molecule has 0 bridgehead atoms. The maximum Gasteiger partial charge on any atom is 0.377 e. The number of hydrogen-bond donors (Lipinski definition) is 2. The van der Waals surface area contributed by atoms with Crippen LogP contribution in [0, 0.1) is 0 Å². The zero-order valence-electron chi connectivity index (χ0n) is 8.57. The van der Waals surface area contributed by atoms with Crippen molar-refractivity contribution in [1.82, 2.24) is 30.5 Å². The molecule has 88 valence electrons. The second kappa shape index (κ2) is 3.63. The molecule has 2 N–H and O–H groups in total. The molecule has 0 spiro atoms. The number of hydrogen-bond acceptors (Lipinski definition) is 7. The SMILES string of the molecule is O=C(O)c1noc(-c2cn(C3CNC3)nn2)n1. The molecule has 9 heteroatoms. The molecule has 1 aliphatic rings. The van der Waals surface area contributed by atoms with Crippen LogP contribution in [0.4, 0.5) is 0 Å². The fraction of sp³-hybridized carbons (Fsp3) is 0.375. The Hall–Kier alpha value is -2.29. The minimum absolute atomic E-state index is 0.0564. The fourth-order valence-electron chi connectivity index (χ4n) is 1.43. The van der Waals surface area contributed by atoms with Crippen LogP contribution in [0.15, 0.2) is 10.7 Å². The van der Waals surface area contributed by atoms with E-state index in [0.717, 1.165) is 13.1 Å². The molecule has 3 heterocycles. The summed E-state index contributed by atoms with van der Waals surface area (Å²) in [4.78, 5) is 14.3. The monoisotopic (exact) mass is 236 g/mol. The van der Waals surface area contributed by atoms with Crippen molar-refractivity contribution in [2.24, 2.45) is 0 Å². The summed E-state index contributed by atoms with van der Waals surface area (Å²) in [6.45, 7) is 1.68. The third-order valence-corrected chi connectivity index (χ3v) is 2.48. The van der Waals surface area contributed by atoms with Crippen LogP contribution in [0.3, 0.4) is 0 Å². The van der Waals surface area contributed by atoms with Crippen molar-refractivity contribution in [3.05, 3.63) is 12.0 Å². The summed E-state index contributed by atoms with van der Waals surface area (Å²) >= 11 is 0. The molecule has 0 aromatic carbocycles. The lowest BCUT2D eigenvalue weighted by Crippen LogP contribution is -2.43. The first-order valence-electron chi connectivity index (χ1n) is 4.94. The Balaban J connectivity index is 1.87. The van der Waals surface area contributed by atoms with Crippen molar-refractivity contribution in [3.8, 4) is 11.6 Å². The highest BCUT2D eigenvalue weighted by Gasteiger charge is 2.22. The van der Waals surface area contributed by atoms with E-state index in [0.29, 0.717) is 5.69 Å². The standard InChI is InChI=1S/C8H8N6O3/c15-8(16)6-10-7(17-12-6)5-3-14(13-11-5)4-1-9-2-4/h3-4,9H,1-2H2,(H,15,16). The maximum atomic E-state index is 10.6. The van der Waals surface area contributed by atoms with Crippen molar-refractivity contribution in [3.63, 3.8) is 0 Å². The van der Waals surface area contributed by atoms with Gasteiger partial charge in [0.15, 0.2) is 5.69 Å². The lowest BCUT2D eigenvalue weighted by atomic mass is 10.2. The zero-order chi connectivity index (χ0) is 11.8. The Labute approximate surface area is 94.4 Å². The highest BCUT2D eigenvalue weighted by molar-refractivity contribution is 5.83. The minimum Gasteiger partial charge on any atom is -0.475 e. The van der Waals surface area contributed by atoms with Crippen molar-refractivity contribution < 1.29 is 14.4 Å². The van der Waals surface area contributed by atoms with Crippen LogP contribution >= 0.6 is 0 Å². The Morgan fingerprint density at radius 2 is 2.41 bits per heavy atom. The second-order valence-corrected chi connectivity index (χ2v) is 3.62. The van der Waals surface area contributed by atoms with Gasteiger partial charge in [-0.05, 0) is 5.16 Å². The van der Waals surface area contributed by atoms with Crippen LogP contribution in [0.1, 0.15) is 16.7 Å². The number of aromatic carboxylic acids is 1. The van der Waals surface area contributed by atoms with Gasteiger partial charge < -0.3 is 14.9 Å². The van der Waals surface area contributed by atoms with Crippen LogP contribution in [-0.2, 0) is 0 Å². The Morgan fingerprint density at radius 1 is 1.59 bits per heavy atom. The summed E-state index contributed by atoms with van der Waals surface area (Å²) in [6.07, 6.45) is 1.66. The normalized spacial score (nSPS) is 15.8. The molecule has 1 aliphatic heterocycles. The molecule has 0 atom stereocenters. The van der Waals surface area contributed by atoms with E-state index >= 15 is 0 Å². The topological polar surface area (TPSA) is 119 Å². The summed E-state index contributed by atoms with van der Waals surface area (Å²) in [5.74, 6) is -1.57. The Kier molecular flexibility index (Phi) is 2.11. The first kappa shape index (κ1) is 9.90. The molecule has 0 radical (unpaired) electrons. The van der Waals surface area contributed by atoms with E-state index in [4.69, 9.17) is 9.63 Å². The van der Waals surface area contributed by atoms with E-state index in [-0.39, 0.29) is 17.8 Å². The summed E-state index contributed by atoms with van der Waals surface area (Å²) < 4.78 is 6.47. The van der Waals surface area contributed by atoms with Crippen LogP contribution in [0.2, 0.25) is 0 Å². The van der Waals surface area contributed by atoms with Gasteiger partial charge in [-0.1, -0.05) is 5.21 Å². The summed E-state index contributed by atoms with van der Waals surface area (Å²) in [7, 11) is 0. The lowest BCUT2D eigenvalue weighted by Gasteiger charge is -2.26. The van der Waals surface area contributed by atoms with E-state index < -0.39 is 5.97 Å². The first-order chi connectivity index (χ1) is 8.24. The van der Waals surface area contributed by atoms with Gasteiger partial charge in [0, 0.05) is 13.1 Å². The molecule has 0 aliphatic carbocycles. The van der Waals surface area contributed by atoms with Crippen LogP contribution in [0.5, 0.6) is 0 Å². The predicted octanol–water partition coefficient (Wildman–Crippen LogP) is -0.829. The predicted molar refractivity (Wildman–Crippen MR) is 52.2 cm³/mol. The summed E-state index contributed by atoms with van der Waals surface area (Å²) in [5.41, 5.74) is 0.372. The van der Waals surface area contributed by atoms with Gasteiger partial charge >= 0.3 is 5.97 Å². The van der Waals surface area contributed by atoms with E-state index in [1.54, 1.807) is 10.9 Å². The molecule has 1 saturated heterocycles. The van der Waals surface area contributed by atoms with Gasteiger partial charge in [0.25, 0.3) is 11.7 Å². The molecule has 2 aromatic heterocycles. The van der Waals surface area contributed by atoms with E-state index in [9.17, 15) is 4.79 Å². The van der Waals surface area contributed by atoms with Crippen molar-refractivity contribution >= 4 is 5.97 Å².